The molecule has 1 unspecified atom stereocenters. The lowest BCUT2D eigenvalue weighted by Gasteiger charge is -2.13. The first-order valence-corrected chi connectivity index (χ1v) is 5.46. The average Bonchev–Trinajstić information content (AvgIpc) is 2.26. The molecule has 1 heterocycles. The van der Waals surface area contributed by atoms with Crippen molar-refractivity contribution in [3.8, 4) is 0 Å². The predicted molar refractivity (Wildman–Crippen MR) is 62.0 cm³/mol. The Bertz CT molecular complexity index is 325. The first kappa shape index (κ1) is 12.6. The lowest BCUT2D eigenvalue weighted by atomic mass is 10.1. The Kier molecular flexibility index (Phi) is 4.92. The molecule has 0 fully saturated rings. The van der Waals surface area contributed by atoms with Gasteiger partial charge in [-0.25, -0.2) is 0 Å². The maximum absolute atomic E-state index is 11.6. The van der Waals surface area contributed by atoms with E-state index < -0.39 is 6.10 Å². The first-order chi connectivity index (χ1) is 7.59. The average molecular weight is 222 g/mol. The van der Waals surface area contributed by atoms with E-state index in [2.05, 4.69) is 10.3 Å². The zero-order chi connectivity index (χ0) is 12.0. The summed E-state index contributed by atoms with van der Waals surface area (Å²) < 4.78 is 0. The molecule has 0 bridgehead atoms. The van der Waals surface area contributed by atoms with E-state index in [1.54, 1.807) is 18.3 Å². The van der Waals surface area contributed by atoms with Crippen molar-refractivity contribution in [3.05, 3.63) is 30.1 Å². The number of hydrogen-bond acceptors (Lipinski definition) is 3. The fourth-order valence-electron chi connectivity index (χ4n) is 1.44. The van der Waals surface area contributed by atoms with E-state index in [0.717, 1.165) is 0 Å². The standard InChI is InChI=1S/C12H18N2O2/c1-9(2)6-11(15)8-14-12(16)10-4-3-5-13-7-10/h3-5,7,9,11,15H,6,8H2,1-2H3,(H,14,16). The molecule has 16 heavy (non-hydrogen) atoms. The van der Waals surface area contributed by atoms with Crippen molar-refractivity contribution in [3.63, 3.8) is 0 Å². The van der Waals surface area contributed by atoms with Crippen LogP contribution in [-0.2, 0) is 0 Å². The monoisotopic (exact) mass is 222 g/mol. The summed E-state index contributed by atoms with van der Waals surface area (Å²) in [5.41, 5.74) is 0.513. The maximum Gasteiger partial charge on any atom is 0.252 e. The number of pyridine rings is 1. The zero-order valence-corrected chi connectivity index (χ0v) is 9.68. The van der Waals surface area contributed by atoms with Crippen LogP contribution in [0.25, 0.3) is 0 Å². The molecule has 0 aliphatic heterocycles. The summed E-state index contributed by atoms with van der Waals surface area (Å²) in [5, 5.41) is 12.3. The van der Waals surface area contributed by atoms with Gasteiger partial charge in [-0.15, -0.1) is 0 Å². The molecule has 1 atom stereocenters. The number of aromatic nitrogens is 1. The highest BCUT2D eigenvalue weighted by Gasteiger charge is 2.10. The molecule has 0 saturated heterocycles. The molecule has 0 spiro atoms. The molecule has 1 aromatic rings. The van der Waals surface area contributed by atoms with E-state index in [9.17, 15) is 9.90 Å². The van der Waals surface area contributed by atoms with E-state index in [0.29, 0.717) is 17.9 Å². The van der Waals surface area contributed by atoms with Crippen LogP contribution in [0.3, 0.4) is 0 Å². The van der Waals surface area contributed by atoms with E-state index in [1.807, 2.05) is 13.8 Å². The first-order valence-electron chi connectivity index (χ1n) is 5.46. The minimum atomic E-state index is -0.486. The van der Waals surface area contributed by atoms with E-state index in [1.165, 1.54) is 6.20 Å². The van der Waals surface area contributed by atoms with Gasteiger partial charge in [-0.05, 0) is 24.5 Å². The summed E-state index contributed by atoms with van der Waals surface area (Å²) >= 11 is 0. The molecular weight excluding hydrogens is 204 g/mol. The predicted octanol–water partition coefficient (Wildman–Crippen LogP) is 1.22. The van der Waals surface area contributed by atoms with Gasteiger partial charge in [0.15, 0.2) is 0 Å². The third-order valence-corrected chi connectivity index (χ3v) is 2.17. The van der Waals surface area contributed by atoms with Gasteiger partial charge in [0.25, 0.3) is 5.91 Å². The molecule has 0 aliphatic carbocycles. The smallest absolute Gasteiger partial charge is 0.252 e. The van der Waals surface area contributed by atoms with Gasteiger partial charge in [0.1, 0.15) is 0 Å². The van der Waals surface area contributed by atoms with Crippen molar-refractivity contribution < 1.29 is 9.90 Å². The molecule has 4 nitrogen and oxygen atoms in total. The number of nitrogens with zero attached hydrogens (tertiary/aromatic N) is 1. The number of nitrogens with one attached hydrogen (secondary N) is 1. The molecule has 1 aromatic heterocycles. The Morgan fingerprint density at radius 3 is 2.88 bits per heavy atom. The van der Waals surface area contributed by atoms with Crippen molar-refractivity contribution in [2.75, 3.05) is 6.54 Å². The molecule has 0 aliphatic rings. The van der Waals surface area contributed by atoms with Crippen LogP contribution in [0.2, 0.25) is 0 Å². The lowest BCUT2D eigenvalue weighted by molar-refractivity contribution is 0.0900. The van der Waals surface area contributed by atoms with E-state index >= 15 is 0 Å². The highest BCUT2D eigenvalue weighted by atomic mass is 16.3. The zero-order valence-electron chi connectivity index (χ0n) is 9.68. The third-order valence-electron chi connectivity index (χ3n) is 2.17. The van der Waals surface area contributed by atoms with Gasteiger partial charge in [-0.3, -0.25) is 9.78 Å². The van der Waals surface area contributed by atoms with Gasteiger partial charge in [0, 0.05) is 18.9 Å². The highest BCUT2D eigenvalue weighted by Crippen LogP contribution is 2.03. The van der Waals surface area contributed by atoms with Gasteiger partial charge < -0.3 is 10.4 Å². The maximum atomic E-state index is 11.6. The van der Waals surface area contributed by atoms with Gasteiger partial charge in [-0.2, -0.15) is 0 Å². The quantitative estimate of drug-likeness (QED) is 0.787. The Labute approximate surface area is 95.7 Å². The number of carbonyl (C=O) groups excluding carboxylic acids is 1. The van der Waals surface area contributed by atoms with Crippen LogP contribution in [0.15, 0.2) is 24.5 Å². The molecule has 4 heteroatoms. The van der Waals surface area contributed by atoms with Crippen LogP contribution in [0.1, 0.15) is 30.6 Å². The second kappa shape index (κ2) is 6.23. The fourth-order valence-corrected chi connectivity index (χ4v) is 1.44. The Balaban J connectivity index is 2.36. The third kappa shape index (κ3) is 4.40. The normalized spacial score (nSPS) is 12.5. The van der Waals surface area contributed by atoms with Gasteiger partial charge in [0.2, 0.25) is 0 Å². The molecule has 88 valence electrons. The van der Waals surface area contributed by atoms with Crippen LogP contribution >= 0.6 is 0 Å². The lowest BCUT2D eigenvalue weighted by Crippen LogP contribution is -2.32. The minimum Gasteiger partial charge on any atom is -0.391 e. The van der Waals surface area contributed by atoms with Crippen LogP contribution < -0.4 is 5.32 Å². The summed E-state index contributed by atoms with van der Waals surface area (Å²) in [6, 6.07) is 3.40. The number of rotatable bonds is 5. The Morgan fingerprint density at radius 1 is 1.56 bits per heavy atom. The minimum absolute atomic E-state index is 0.198. The SMILES string of the molecule is CC(C)CC(O)CNC(=O)c1cccnc1. The summed E-state index contributed by atoms with van der Waals surface area (Å²) in [6.45, 7) is 4.35. The van der Waals surface area contributed by atoms with E-state index in [-0.39, 0.29) is 12.5 Å². The molecule has 0 aromatic carbocycles. The summed E-state index contributed by atoms with van der Waals surface area (Å²) in [5.74, 6) is 0.223. The summed E-state index contributed by atoms with van der Waals surface area (Å²) in [6.07, 6.45) is 3.32. The molecule has 2 N–H and O–H groups in total. The van der Waals surface area contributed by atoms with Gasteiger partial charge in [-0.1, -0.05) is 13.8 Å². The number of carbonyl (C=O) groups is 1. The molecule has 1 amide bonds. The number of hydrogen-bond donors (Lipinski definition) is 2. The van der Waals surface area contributed by atoms with Crippen LogP contribution in [0.5, 0.6) is 0 Å². The van der Waals surface area contributed by atoms with Crippen molar-refractivity contribution in [1.82, 2.24) is 10.3 Å². The fraction of sp³-hybridized carbons (Fsp3) is 0.500. The van der Waals surface area contributed by atoms with Crippen molar-refractivity contribution >= 4 is 5.91 Å². The number of aliphatic hydroxyl groups is 1. The second-order valence-electron chi connectivity index (χ2n) is 4.24. The number of aliphatic hydroxyl groups excluding tert-OH is 1. The summed E-state index contributed by atoms with van der Waals surface area (Å²) in [4.78, 5) is 15.4. The Hall–Kier alpha value is -1.42. The molecule has 0 saturated carbocycles. The van der Waals surface area contributed by atoms with Crippen molar-refractivity contribution in [2.45, 2.75) is 26.4 Å². The second-order valence-corrected chi connectivity index (χ2v) is 4.24. The molecule has 1 rings (SSSR count). The van der Waals surface area contributed by atoms with Gasteiger partial charge in [0.05, 0.1) is 11.7 Å². The largest absolute Gasteiger partial charge is 0.391 e. The Morgan fingerprint density at radius 2 is 2.31 bits per heavy atom. The van der Waals surface area contributed by atoms with Crippen LogP contribution in [0.4, 0.5) is 0 Å². The molecule has 0 radical (unpaired) electrons. The highest BCUT2D eigenvalue weighted by molar-refractivity contribution is 5.93. The van der Waals surface area contributed by atoms with Crippen LogP contribution in [0, 0.1) is 5.92 Å². The molecular formula is C12H18N2O2. The van der Waals surface area contributed by atoms with Crippen molar-refractivity contribution in [1.29, 1.82) is 0 Å². The number of amides is 1. The topological polar surface area (TPSA) is 62.2 Å². The van der Waals surface area contributed by atoms with Gasteiger partial charge >= 0.3 is 0 Å². The van der Waals surface area contributed by atoms with Crippen molar-refractivity contribution in [2.24, 2.45) is 5.92 Å². The summed E-state index contributed by atoms with van der Waals surface area (Å²) in [7, 11) is 0. The van der Waals surface area contributed by atoms with E-state index in [4.69, 9.17) is 0 Å². The van der Waals surface area contributed by atoms with Crippen LogP contribution in [-0.4, -0.2) is 28.6 Å².